The number of quaternary nitrogens is 1. The predicted molar refractivity (Wildman–Crippen MR) is 113 cm³/mol. The van der Waals surface area contributed by atoms with Crippen molar-refractivity contribution in [2.24, 2.45) is 0 Å². The molecular formula is C23H40N3+3. The lowest BCUT2D eigenvalue weighted by Gasteiger charge is -2.28. The molecule has 0 radical (unpaired) electrons. The minimum atomic E-state index is 0.896. The molecule has 2 aliphatic heterocycles. The van der Waals surface area contributed by atoms with Gasteiger partial charge in [0.2, 0.25) is 6.20 Å². The van der Waals surface area contributed by atoms with Gasteiger partial charge in [0, 0.05) is 12.5 Å². The SMILES string of the molecule is CC=C1C=C[N+]2(CCCCCC)C=[N+](CCCCC)C=C2C1=[N+](C)CC. The lowest BCUT2D eigenvalue weighted by Crippen LogP contribution is -2.47. The van der Waals surface area contributed by atoms with Crippen molar-refractivity contribution >= 4 is 12.1 Å². The predicted octanol–water partition coefficient (Wildman–Crippen LogP) is 5.05. The van der Waals surface area contributed by atoms with E-state index >= 15 is 0 Å². The molecule has 0 N–H and O–H groups in total. The second-order valence-corrected chi connectivity index (χ2v) is 7.71. The highest BCUT2D eigenvalue weighted by atomic mass is 15.4. The van der Waals surface area contributed by atoms with E-state index in [0.717, 1.165) is 17.6 Å². The van der Waals surface area contributed by atoms with Crippen LogP contribution in [0.25, 0.3) is 0 Å². The van der Waals surface area contributed by atoms with Crippen molar-refractivity contribution in [3.05, 3.63) is 35.8 Å². The van der Waals surface area contributed by atoms with Crippen molar-refractivity contribution in [3.8, 4) is 0 Å². The van der Waals surface area contributed by atoms with Gasteiger partial charge in [0.15, 0.2) is 6.54 Å². The highest BCUT2D eigenvalue weighted by Gasteiger charge is 2.49. The summed E-state index contributed by atoms with van der Waals surface area (Å²) in [6.07, 6.45) is 21.0. The van der Waals surface area contributed by atoms with Crippen LogP contribution in [0.5, 0.6) is 0 Å². The monoisotopic (exact) mass is 358 g/mol. The van der Waals surface area contributed by atoms with Gasteiger partial charge in [-0.1, -0.05) is 39.2 Å². The molecular weight excluding hydrogens is 318 g/mol. The molecule has 3 nitrogen and oxygen atoms in total. The quantitative estimate of drug-likeness (QED) is 0.293. The highest BCUT2D eigenvalue weighted by Crippen LogP contribution is 2.31. The standard InChI is InChI=1S/C23H40N3/c1-6-10-12-14-17-26-18-15-21(8-3)23(24(5)9-4)22(26)19-25(20-26)16-13-11-7-2/h8,15,18-20H,6-7,9-14,16-17H2,1-5H3/q+3. The second kappa shape index (κ2) is 10.0. The Morgan fingerprint density at radius 2 is 1.77 bits per heavy atom. The first-order valence-electron chi connectivity index (χ1n) is 10.8. The zero-order valence-electron chi connectivity index (χ0n) is 17.8. The van der Waals surface area contributed by atoms with E-state index in [0.29, 0.717) is 0 Å². The molecule has 0 saturated heterocycles. The van der Waals surface area contributed by atoms with Crippen molar-refractivity contribution < 1.29 is 13.6 Å². The summed E-state index contributed by atoms with van der Waals surface area (Å²) in [5.74, 6) is 0. The maximum absolute atomic E-state index is 2.46. The molecule has 0 aromatic rings. The van der Waals surface area contributed by atoms with Gasteiger partial charge < -0.3 is 0 Å². The van der Waals surface area contributed by atoms with Crippen LogP contribution in [-0.2, 0) is 0 Å². The topological polar surface area (TPSA) is 6.02 Å². The lowest BCUT2D eigenvalue weighted by atomic mass is 10.00. The first kappa shape index (κ1) is 20.8. The molecule has 2 rings (SSSR count). The van der Waals surface area contributed by atoms with Gasteiger partial charge in [-0.15, -0.1) is 0 Å². The van der Waals surface area contributed by atoms with Crippen LogP contribution in [0.1, 0.15) is 72.6 Å². The van der Waals surface area contributed by atoms with Crippen molar-refractivity contribution in [2.45, 2.75) is 72.6 Å². The first-order chi connectivity index (χ1) is 12.6. The number of nitrogens with zero attached hydrogens (tertiary/aromatic N) is 3. The van der Waals surface area contributed by atoms with E-state index in [9.17, 15) is 0 Å². The maximum atomic E-state index is 2.46. The molecule has 0 saturated carbocycles. The molecule has 144 valence electrons. The summed E-state index contributed by atoms with van der Waals surface area (Å²) in [5, 5.41) is 0. The van der Waals surface area contributed by atoms with Crippen molar-refractivity contribution in [1.29, 1.82) is 0 Å². The molecule has 0 aromatic heterocycles. The molecule has 2 heterocycles. The summed E-state index contributed by atoms with van der Waals surface area (Å²) in [5.41, 5.74) is 4.21. The lowest BCUT2D eigenvalue weighted by molar-refractivity contribution is -0.746. The minimum absolute atomic E-state index is 0.896. The number of fused-ring (bicyclic) bond motifs is 1. The summed E-state index contributed by atoms with van der Waals surface area (Å²) in [6, 6.07) is 0. The van der Waals surface area contributed by atoms with Crippen molar-refractivity contribution in [3.63, 3.8) is 0 Å². The average molecular weight is 359 g/mol. The van der Waals surface area contributed by atoms with Gasteiger partial charge in [0.1, 0.15) is 19.8 Å². The Morgan fingerprint density at radius 3 is 2.42 bits per heavy atom. The summed E-state index contributed by atoms with van der Waals surface area (Å²) >= 11 is 0. The number of rotatable bonds is 10. The minimum Gasteiger partial charge on any atom is -0.227 e. The zero-order valence-corrected chi connectivity index (χ0v) is 17.8. The number of hydrogen-bond acceptors (Lipinski definition) is 0. The molecule has 26 heavy (non-hydrogen) atoms. The molecule has 0 spiro atoms. The molecule has 0 bridgehead atoms. The zero-order chi connectivity index (χ0) is 19.0. The fourth-order valence-electron chi connectivity index (χ4n) is 3.97. The van der Waals surface area contributed by atoms with Crippen LogP contribution in [0.3, 0.4) is 0 Å². The smallest absolute Gasteiger partial charge is 0.227 e. The Labute approximate surface area is 161 Å². The molecule has 0 aliphatic carbocycles. The van der Waals surface area contributed by atoms with Crippen LogP contribution in [0.4, 0.5) is 0 Å². The summed E-state index contributed by atoms with van der Waals surface area (Å²) in [6.45, 7) is 12.3. The third kappa shape index (κ3) is 4.62. The molecule has 1 unspecified atom stereocenters. The van der Waals surface area contributed by atoms with Crippen LogP contribution >= 0.6 is 0 Å². The molecule has 3 heteroatoms. The van der Waals surface area contributed by atoms with Crippen molar-refractivity contribution in [1.82, 2.24) is 0 Å². The van der Waals surface area contributed by atoms with Gasteiger partial charge in [-0.05, 0) is 33.1 Å². The summed E-state index contributed by atoms with van der Waals surface area (Å²) in [4.78, 5) is 0. The first-order valence-corrected chi connectivity index (χ1v) is 10.8. The Kier molecular flexibility index (Phi) is 8.02. The highest BCUT2D eigenvalue weighted by molar-refractivity contribution is 6.11. The van der Waals surface area contributed by atoms with Gasteiger partial charge in [-0.3, -0.25) is 0 Å². The third-order valence-electron chi connectivity index (χ3n) is 5.70. The van der Waals surface area contributed by atoms with E-state index in [4.69, 9.17) is 0 Å². The molecule has 2 aliphatic rings. The van der Waals surface area contributed by atoms with Crippen LogP contribution in [0.2, 0.25) is 0 Å². The van der Waals surface area contributed by atoms with E-state index in [1.54, 1.807) is 0 Å². The van der Waals surface area contributed by atoms with E-state index in [1.807, 2.05) is 0 Å². The van der Waals surface area contributed by atoms with Gasteiger partial charge in [-0.2, -0.15) is 9.06 Å². The van der Waals surface area contributed by atoms with Gasteiger partial charge in [-0.25, -0.2) is 4.58 Å². The van der Waals surface area contributed by atoms with E-state index in [2.05, 4.69) is 74.8 Å². The average Bonchev–Trinajstić information content (AvgIpc) is 3.02. The largest absolute Gasteiger partial charge is 0.342 e. The molecule has 0 amide bonds. The molecule has 0 fully saturated rings. The van der Waals surface area contributed by atoms with Crippen LogP contribution in [0.15, 0.2) is 35.8 Å². The maximum Gasteiger partial charge on any atom is 0.342 e. The third-order valence-corrected chi connectivity index (χ3v) is 5.70. The van der Waals surface area contributed by atoms with E-state index in [1.165, 1.54) is 68.5 Å². The summed E-state index contributed by atoms with van der Waals surface area (Å²) in [7, 11) is 2.23. The van der Waals surface area contributed by atoms with Crippen molar-refractivity contribution in [2.75, 3.05) is 26.7 Å². The second-order valence-electron chi connectivity index (χ2n) is 7.71. The molecule has 0 aromatic carbocycles. The number of hydrogen-bond donors (Lipinski definition) is 0. The van der Waals surface area contributed by atoms with Gasteiger partial charge in [0.25, 0.3) is 11.4 Å². The van der Waals surface area contributed by atoms with E-state index in [-0.39, 0.29) is 0 Å². The Bertz CT molecular complexity index is 634. The Hall–Kier alpha value is -1.48. The fraction of sp³-hybridized carbons (Fsp3) is 0.652. The molecule has 1 atom stereocenters. The Morgan fingerprint density at radius 1 is 1.04 bits per heavy atom. The number of unbranched alkanes of at least 4 members (excludes halogenated alkanes) is 5. The van der Waals surface area contributed by atoms with Gasteiger partial charge in [0.05, 0.1) is 12.1 Å². The van der Waals surface area contributed by atoms with Crippen LogP contribution in [0, 0.1) is 0 Å². The Balaban J connectivity index is 2.37. The van der Waals surface area contributed by atoms with Gasteiger partial charge >= 0.3 is 6.34 Å². The summed E-state index contributed by atoms with van der Waals surface area (Å²) < 4.78 is 5.76. The van der Waals surface area contributed by atoms with Crippen LogP contribution in [-0.4, -0.2) is 52.4 Å². The van der Waals surface area contributed by atoms with E-state index < -0.39 is 0 Å². The van der Waals surface area contributed by atoms with Crippen LogP contribution < -0.4 is 0 Å². The normalized spacial score (nSPS) is 25.3. The fourth-order valence-corrected chi connectivity index (χ4v) is 3.97. The number of allylic oxidation sites excluding steroid dienone is 3.